The fourth-order valence-corrected chi connectivity index (χ4v) is 1.85. The SMILES string of the molecule is C=C(CC(C)(C(C)=O)C(C)=O)C(C)(C(C)=O)C(C)=O. The average molecular weight is 266 g/mol. The lowest BCUT2D eigenvalue weighted by atomic mass is 9.68. The summed E-state index contributed by atoms with van der Waals surface area (Å²) >= 11 is 0. The molecule has 0 bridgehead atoms. The van der Waals surface area contributed by atoms with Crippen molar-refractivity contribution >= 4 is 23.1 Å². The number of Topliss-reactive ketones (excluding diaryl/α,β-unsaturated/α-hetero) is 4. The Kier molecular flexibility index (Phi) is 5.13. The minimum absolute atomic E-state index is 0.00727. The van der Waals surface area contributed by atoms with Crippen LogP contribution < -0.4 is 0 Å². The van der Waals surface area contributed by atoms with Crippen molar-refractivity contribution < 1.29 is 19.2 Å². The van der Waals surface area contributed by atoms with Crippen LogP contribution >= 0.6 is 0 Å². The van der Waals surface area contributed by atoms with Crippen LogP contribution in [0.3, 0.4) is 0 Å². The average Bonchev–Trinajstić information content (AvgIpc) is 2.26. The lowest BCUT2D eigenvalue weighted by Gasteiger charge is -2.32. The van der Waals surface area contributed by atoms with Crippen LogP contribution in [0.15, 0.2) is 12.2 Å². The normalized spacial score (nSPS) is 11.9. The van der Waals surface area contributed by atoms with Gasteiger partial charge in [0.15, 0.2) is 0 Å². The molecule has 0 aliphatic carbocycles. The van der Waals surface area contributed by atoms with Gasteiger partial charge in [-0.05, 0) is 48.0 Å². The van der Waals surface area contributed by atoms with Crippen LogP contribution in [0.2, 0.25) is 0 Å². The zero-order valence-electron chi connectivity index (χ0n) is 12.5. The summed E-state index contributed by atoms with van der Waals surface area (Å²) in [4.78, 5) is 46.8. The highest BCUT2D eigenvalue weighted by Crippen LogP contribution is 2.38. The Hall–Kier alpha value is -1.58. The lowest BCUT2D eigenvalue weighted by Crippen LogP contribution is -2.40. The predicted octanol–water partition coefficient (Wildman–Crippen LogP) is 2.30. The molecule has 19 heavy (non-hydrogen) atoms. The zero-order valence-corrected chi connectivity index (χ0v) is 12.5. The van der Waals surface area contributed by atoms with E-state index >= 15 is 0 Å². The fourth-order valence-electron chi connectivity index (χ4n) is 1.85. The molecule has 0 rings (SSSR count). The van der Waals surface area contributed by atoms with E-state index in [0.717, 1.165) is 0 Å². The van der Waals surface area contributed by atoms with Crippen LogP contribution in [0.4, 0.5) is 0 Å². The first kappa shape index (κ1) is 17.4. The highest BCUT2D eigenvalue weighted by atomic mass is 16.2. The molecule has 0 fully saturated rings. The summed E-state index contributed by atoms with van der Waals surface area (Å²) < 4.78 is 0. The van der Waals surface area contributed by atoms with Crippen LogP contribution in [0.1, 0.15) is 48.0 Å². The highest BCUT2D eigenvalue weighted by Gasteiger charge is 2.44. The molecular formula is C15H22O4. The summed E-state index contributed by atoms with van der Waals surface area (Å²) in [5.74, 6) is -1.26. The quantitative estimate of drug-likeness (QED) is 0.523. The molecule has 4 heteroatoms. The van der Waals surface area contributed by atoms with Crippen molar-refractivity contribution in [1.82, 2.24) is 0 Å². The molecule has 0 radical (unpaired) electrons. The molecule has 0 amide bonds. The van der Waals surface area contributed by atoms with E-state index in [9.17, 15) is 19.2 Å². The van der Waals surface area contributed by atoms with Gasteiger partial charge in [0.2, 0.25) is 0 Å². The van der Waals surface area contributed by atoms with Crippen molar-refractivity contribution in [3.63, 3.8) is 0 Å². The van der Waals surface area contributed by atoms with Crippen molar-refractivity contribution in [3.05, 3.63) is 12.2 Å². The topological polar surface area (TPSA) is 68.3 Å². The van der Waals surface area contributed by atoms with Gasteiger partial charge >= 0.3 is 0 Å². The molecule has 0 saturated carbocycles. The molecule has 0 aromatic rings. The minimum Gasteiger partial charge on any atom is -0.299 e. The first-order chi connectivity index (χ1) is 8.40. The summed E-state index contributed by atoms with van der Waals surface area (Å²) in [7, 11) is 0. The second-order valence-electron chi connectivity index (χ2n) is 5.46. The number of allylic oxidation sites excluding steroid dienone is 1. The largest absolute Gasteiger partial charge is 0.299 e. The minimum atomic E-state index is -1.34. The fraction of sp³-hybridized carbons (Fsp3) is 0.600. The van der Waals surface area contributed by atoms with E-state index in [2.05, 4.69) is 6.58 Å². The standard InChI is InChI=1S/C15H22O4/c1-9(15(7,12(4)18)13(5)19)8-14(6,10(2)16)11(3)17/h1,8H2,2-7H3. The molecule has 0 atom stereocenters. The zero-order chi connectivity index (χ0) is 15.6. The summed E-state index contributed by atoms with van der Waals surface area (Å²) in [6, 6.07) is 0. The third-order valence-electron chi connectivity index (χ3n) is 4.24. The van der Waals surface area contributed by atoms with Crippen LogP contribution in [0.5, 0.6) is 0 Å². The van der Waals surface area contributed by atoms with Crippen LogP contribution in [0.25, 0.3) is 0 Å². The van der Waals surface area contributed by atoms with Gasteiger partial charge in [0, 0.05) is 0 Å². The molecule has 0 N–H and O–H groups in total. The number of ketones is 4. The second kappa shape index (κ2) is 5.59. The maximum atomic E-state index is 11.7. The Bertz CT molecular complexity index is 429. The summed E-state index contributed by atoms with van der Waals surface area (Å²) in [5, 5.41) is 0. The summed E-state index contributed by atoms with van der Waals surface area (Å²) in [5.41, 5.74) is -2.27. The molecule has 0 aliphatic rings. The third-order valence-corrected chi connectivity index (χ3v) is 4.24. The second-order valence-corrected chi connectivity index (χ2v) is 5.46. The first-order valence-corrected chi connectivity index (χ1v) is 6.13. The molecule has 0 aromatic heterocycles. The van der Waals surface area contributed by atoms with Crippen molar-refractivity contribution in [1.29, 1.82) is 0 Å². The van der Waals surface area contributed by atoms with E-state index in [-0.39, 0.29) is 29.6 Å². The predicted molar refractivity (Wildman–Crippen MR) is 72.7 cm³/mol. The van der Waals surface area contributed by atoms with Crippen LogP contribution in [0, 0.1) is 10.8 Å². The van der Waals surface area contributed by atoms with Gasteiger partial charge in [-0.25, -0.2) is 0 Å². The Labute approximate surface area is 114 Å². The van der Waals surface area contributed by atoms with Crippen LogP contribution in [-0.2, 0) is 19.2 Å². The number of carbonyl (C=O) groups excluding carboxylic acids is 4. The molecule has 0 aromatic carbocycles. The Morgan fingerprint density at radius 2 is 1.11 bits per heavy atom. The first-order valence-electron chi connectivity index (χ1n) is 6.13. The van der Waals surface area contributed by atoms with Gasteiger partial charge < -0.3 is 0 Å². The van der Waals surface area contributed by atoms with Gasteiger partial charge in [0.1, 0.15) is 28.5 Å². The molecule has 4 nitrogen and oxygen atoms in total. The van der Waals surface area contributed by atoms with E-state index in [0.29, 0.717) is 5.57 Å². The number of carbonyl (C=O) groups is 4. The molecule has 106 valence electrons. The number of hydrogen-bond donors (Lipinski definition) is 0. The van der Waals surface area contributed by atoms with Crippen molar-refractivity contribution in [3.8, 4) is 0 Å². The van der Waals surface area contributed by atoms with Crippen LogP contribution in [-0.4, -0.2) is 23.1 Å². The molecule has 0 aliphatic heterocycles. The molecule has 0 spiro atoms. The highest BCUT2D eigenvalue weighted by molar-refractivity contribution is 6.09. The van der Waals surface area contributed by atoms with Crippen molar-refractivity contribution in [2.75, 3.05) is 0 Å². The number of rotatable bonds is 7. The van der Waals surface area contributed by atoms with E-state index in [4.69, 9.17) is 0 Å². The monoisotopic (exact) mass is 266 g/mol. The lowest BCUT2D eigenvalue weighted by molar-refractivity contribution is -0.140. The molecule has 0 saturated heterocycles. The Morgan fingerprint density at radius 3 is 1.32 bits per heavy atom. The Balaban J connectivity index is 5.57. The number of hydrogen-bond acceptors (Lipinski definition) is 4. The van der Waals surface area contributed by atoms with Gasteiger partial charge in [-0.2, -0.15) is 0 Å². The summed E-state index contributed by atoms with van der Waals surface area (Å²) in [6.07, 6.45) is 0.00727. The van der Waals surface area contributed by atoms with Gasteiger partial charge in [0.05, 0.1) is 5.41 Å². The van der Waals surface area contributed by atoms with Gasteiger partial charge in [-0.15, -0.1) is 0 Å². The van der Waals surface area contributed by atoms with Crippen molar-refractivity contribution in [2.45, 2.75) is 48.0 Å². The van der Waals surface area contributed by atoms with E-state index in [1.807, 2.05) is 0 Å². The Morgan fingerprint density at radius 1 is 0.789 bits per heavy atom. The van der Waals surface area contributed by atoms with Crippen molar-refractivity contribution in [2.24, 2.45) is 10.8 Å². The molecule has 0 heterocycles. The van der Waals surface area contributed by atoms with E-state index in [1.54, 1.807) is 0 Å². The van der Waals surface area contributed by atoms with E-state index in [1.165, 1.54) is 41.5 Å². The molecular weight excluding hydrogens is 244 g/mol. The maximum absolute atomic E-state index is 11.7. The third kappa shape index (κ3) is 3.06. The molecule has 0 unspecified atom stereocenters. The van der Waals surface area contributed by atoms with E-state index < -0.39 is 10.8 Å². The van der Waals surface area contributed by atoms with Gasteiger partial charge in [-0.1, -0.05) is 12.2 Å². The summed E-state index contributed by atoms with van der Waals surface area (Å²) in [6.45, 7) is 12.1. The van der Waals surface area contributed by atoms with Gasteiger partial charge in [-0.3, -0.25) is 19.2 Å². The maximum Gasteiger partial charge on any atom is 0.147 e. The smallest absolute Gasteiger partial charge is 0.147 e. The van der Waals surface area contributed by atoms with Gasteiger partial charge in [0.25, 0.3) is 0 Å².